The Bertz CT molecular complexity index is 88.9. The number of hydrogen-bond acceptors (Lipinski definition) is 1. The molecule has 0 aliphatic rings. The minimum atomic E-state index is -0.248. The summed E-state index contributed by atoms with van der Waals surface area (Å²) in [5, 5.41) is 9.13. The number of aliphatic hydroxyl groups excluding tert-OH is 1. The molecule has 0 rings (SSSR count). The van der Waals surface area contributed by atoms with Crippen LogP contribution >= 0.6 is 22.6 Å². The first-order valence-corrected chi connectivity index (χ1v) is 4.36. The molecule has 0 bridgehead atoms. The SMILES string of the molecule is CC(C)CC(O)C=CI. The van der Waals surface area contributed by atoms with Gasteiger partial charge in [-0.25, -0.2) is 0 Å². The third-order valence-electron chi connectivity index (χ3n) is 1.01. The van der Waals surface area contributed by atoms with Crippen molar-refractivity contribution in [3.63, 3.8) is 0 Å². The Morgan fingerprint density at radius 3 is 2.44 bits per heavy atom. The van der Waals surface area contributed by atoms with E-state index in [1.165, 1.54) is 0 Å². The average molecular weight is 240 g/mol. The zero-order valence-electron chi connectivity index (χ0n) is 5.84. The maximum absolute atomic E-state index is 9.13. The van der Waals surface area contributed by atoms with Crippen molar-refractivity contribution in [2.24, 2.45) is 5.92 Å². The van der Waals surface area contributed by atoms with Crippen LogP contribution in [-0.4, -0.2) is 11.2 Å². The predicted octanol–water partition coefficient (Wildman–Crippen LogP) is 2.34. The topological polar surface area (TPSA) is 20.2 Å². The van der Waals surface area contributed by atoms with Crippen molar-refractivity contribution in [1.82, 2.24) is 0 Å². The van der Waals surface area contributed by atoms with Gasteiger partial charge in [0, 0.05) is 0 Å². The van der Waals surface area contributed by atoms with E-state index >= 15 is 0 Å². The molecule has 54 valence electrons. The van der Waals surface area contributed by atoms with E-state index in [0.29, 0.717) is 5.92 Å². The van der Waals surface area contributed by atoms with Gasteiger partial charge in [-0.15, -0.1) is 0 Å². The molecular weight excluding hydrogens is 227 g/mol. The van der Waals surface area contributed by atoms with E-state index in [0.717, 1.165) is 6.42 Å². The van der Waals surface area contributed by atoms with Gasteiger partial charge in [0.05, 0.1) is 6.10 Å². The second-order valence-corrected chi connectivity index (χ2v) is 3.23. The van der Waals surface area contributed by atoms with E-state index in [2.05, 4.69) is 36.4 Å². The molecule has 0 saturated heterocycles. The van der Waals surface area contributed by atoms with Crippen LogP contribution < -0.4 is 0 Å². The van der Waals surface area contributed by atoms with Crippen molar-refractivity contribution in [3.8, 4) is 0 Å². The Kier molecular flexibility index (Phi) is 5.48. The van der Waals surface area contributed by atoms with Crippen LogP contribution in [0.5, 0.6) is 0 Å². The summed E-state index contributed by atoms with van der Waals surface area (Å²) >= 11 is 2.11. The maximum Gasteiger partial charge on any atom is 0.0730 e. The van der Waals surface area contributed by atoms with Gasteiger partial charge in [0.25, 0.3) is 0 Å². The highest BCUT2D eigenvalue weighted by Gasteiger charge is 2.00. The van der Waals surface area contributed by atoms with E-state index in [-0.39, 0.29) is 6.10 Å². The third kappa shape index (κ3) is 6.31. The van der Waals surface area contributed by atoms with Gasteiger partial charge in [-0.2, -0.15) is 0 Å². The quantitative estimate of drug-likeness (QED) is 0.750. The lowest BCUT2D eigenvalue weighted by Gasteiger charge is -2.06. The van der Waals surface area contributed by atoms with E-state index in [1.807, 2.05) is 4.08 Å². The molecule has 0 aromatic carbocycles. The first-order valence-electron chi connectivity index (χ1n) is 3.11. The van der Waals surface area contributed by atoms with Crippen molar-refractivity contribution in [2.45, 2.75) is 26.4 Å². The van der Waals surface area contributed by atoms with Gasteiger partial charge in [-0.3, -0.25) is 0 Å². The summed E-state index contributed by atoms with van der Waals surface area (Å²) in [5.41, 5.74) is 0. The normalized spacial score (nSPS) is 15.2. The van der Waals surface area contributed by atoms with Crippen LogP contribution in [0.3, 0.4) is 0 Å². The van der Waals surface area contributed by atoms with Crippen molar-refractivity contribution in [3.05, 3.63) is 10.2 Å². The van der Waals surface area contributed by atoms with E-state index in [1.54, 1.807) is 6.08 Å². The van der Waals surface area contributed by atoms with Crippen LogP contribution in [0.4, 0.5) is 0 Å². The van der Waals surface area contributed by atoms with E-state index in [4.69, 9.17) is 5.11 Å². The zero-order valence-corrected chi connectivity index (χ0v) is 8.00. The summed E-state index contributed by atoms with van der Waals surface area (Å²) in [7, 11) is 0. The van der Waals surface area contributed by atoms with E-state index in [9.17, 15) is 0 Å². The molecule has 1 atom stereocenters. The fourth-order valence-corrected chi connectivity index (χ4v) is 1.12. The minimum Gasteiger partial charge on any atom is -0.389 e. The van der Waals surface area contributed by atoms with Crippen molar-refractivity contribution in [2.75, 3.05) is 0 Å². The number of aliphatic hydroxyl groups is 1. The van der Waals surface area contributed by atoms with Crippen molar-refractivity contribution < 1.29 is 5.11 Å². The molecule has 0 aromatic heterocycles. The Balaban J connectivity index is 3.38. The minimum absolute atomic E-state index is 0.248. The molecule has 0 fully saturated rings. The van der Waals surface area contributed by atoms with Crippen LogP contribution in [-0.2, 0) is 0 Å². The summed E-state index contributed by atoms with van der Waals surface area (Å²) in [6.07, 6.45) is 2.42. The van der Waals surface area contributed by atoms with Crippen LogP contribution in [0.2, 0.25) is 0 Å². The highest BCUT2D eigenvalue weighted by atomic mass is 127. The highest BCUT2D eigenvalue weighted by molar-refractivity contribution is 14.1. The monoisotopic (exact) mass is 240 g/mol. The molecule has 0 radical (unpaired) electrons. The molecule has 0 spiro atoms. The smallest absolute Gasteiger partial charge is 0.0730 e. The molecule has 0 aliphatic heterocycles. The second kappa shape index (κ2) is 5.23. The maximum atomic E-state index is 9.13. The van der Waals surface area contributed by atoms with Gasteiger partial charge in [-0.05, 0) is 16.4 Å². The molecule has 1 N–H and O–H groups in total. The fourth-order valence-electron chi connectivity index (χ4n) is 0.646. The Labute approximate surface area is 70.3 Å². The molecule has 0 heterocycles. The Hall–Kier alpha value is 0.430. The Morgan fingerprint density at radius 2 is 2.11 bits per heavy atom. The van der Waals surface area contributed by atoms with E-state index < -0.39 is 0 Å². The lowest BCUT2D eigenvalue weighted by molar-refractivity contribution is 0.195. The first-order chi connectivity index (χ1) is 4.16. The van der Waals surface area contributed by atoms with Gasteiger partial charge in [-0.1, -0.05) is 42.5 Å². The molecule has 0 saturated carbocycles. The molecule has 1 nitrogen and oxygen atoms in total. The molecule has 0 amide bonds. The van der Waals surface area contributed by atoms with Crippen LogP contribution in [0.15, 0.2) is 10.2 Å². The number of halogens is 1. The van der Waals surface area contributed by atoms with Crippen LogP contribution in [0, 0.1) is 5.92 Å². The summed E-state index contributed by atoms with van der Waals surface area (Å²) in [6, 6.07) is 0. The number of rotatable bonds is 3. The summed E-state index contributed by atoms with van der Waals surface area (Å²) in [4.78, 5) is 0. The zero-order chi connectivity index (χ0) is 7.28. The Morgan fingerprint density at radius 1 is 1.56 bits per heavy atom. The van der Waals surface area contributed by atoms with Gasteiger partial charge in [0.2, 0.25) is 0 Å². The fraction of sp³-hybridized carbons (Fsp3) is 0.714. The summed E-state index contributed by atoms with van der Waals surface area (Å²) in [6.45, 7) is 4.20. The largest absolute Gasteiger partial charge is 0.389 e. The molecule has 2 heteroatoms. The number of hydrogen-bond donors (Lipinski definition) is 1. The van der Waals surface area contributed by atoms with Gasteiger partial charge in [0.15, 0.2) is 0 Å². The lowest BCUT2D eigenvalue weighted by Crippen LogP contribution is -2.05. The van der Waals surface area contributed by atoms with Crippen LogP contribution in [0.1, 0.15) is 20.3 Å². The predicted molar refractivity (Wildman–Crippen MR) is 48.6 cm³/mol. The molecule has 0 aromatic rings. The molecule has 0 aliphatic carbocycles. The first kappa shape index (κ1) is 9.43. The van der Waals surface area contributed by atoms with Gasteiger partial charge < -0.3 is 5.11 Å². The van der Waals surface area contributed by atoms with Crippen molar-refractivity contribution >= 4 is 22.6 Å². The standard InChI is InChI=1S/C7H13IO/c1-6(2)5-7(9)3-4-8/h3-4,6-7,9H,5H2,1-2H3. The van der Waals surface area contributed by atoms with Gasteiger partial charge in [0.1, 0.15) is 0 Å². The van der Waals surface area contributed by atoms with Crippen LogP contribution in [0.25, 0.3) is 0 Å². The third-order valence-corrected chi connectivity index (χ3v) is 1.42. The molecular formula is C7H13IO. The lowest BCUT2D eigenvalue weighted by atomic mass is 10.1. The molecule has 1 unspecified atom stereocenters. The molecule has 9 heavy (non-hydrogen) atoms. The summed E-state index contributed by atoms with van der Waals surface area (Å²) < 4.78 is 1.85. The average Bonchev–Trinajstić information content (AvgIpc) is 1.63. The highest BCUT2D eigenvalue weighted by Crippen LogP contribution is 2.05. The second-order valence-electron chi connectivity index (χ2n) is 2.52. The van der Waals surface area contributed by atoms with Crippen molar-refractivity contribution in [1.29, 1.82) is 0 Å². The summed E-state index contributed by atoms with van der Waals surface area (Å²) in [5.74, 6) is 0.576. The van der Waals surface area contributed by atoms with Gasteiger partial charge >= 0.3 is 0 Å².